The van der Waals surface area contributed by atoms with Crippen molar-refractivity contribution in [2.45, 2.75) is 26.2 Å². The second-order valence-corrected chi connectivity index (χ2v) is 17.5. The quantitative estimate of drug-likeness (QED) is 0.139. The van der Waals surface area contributed by atoms with Crippen molar-refractivity contribution < 1.29 is 8.85 Å². The van der Waals surface area contributed by atoms with Gasteiger partial charge in [-0.3, -0.25) is 0 Å². The number of hydrogen-bond donors (Lipinski definition) is 0. The molecule has 0 radical (unpaired) electrons. The highest BCUT2D eigenvalue weighted by Crippen LogP contribution is 2.37. The van der Waals surface area contributed by atoms with Gasteiger partial charge in [-0.15, -0.1) is 0 Å². The van der Waals surface area contributed by atoms with Crippen LogP contribution in [0.25, 0.3) is 43.1 Å². The van der Waals surface area contributed by atoms with Gasteiger partial charge >= 0.3 is 0 Å². The summed E-state index contributed by atoms with van der Waals surface area (Å²) >= 11 is 0. The molecule has 5 rings (SSSR count). The van der Waals surface area contributed by atoms with Crippen molar-refractivity contribution >= 4 is 59.7 Å². The molecule has 0 amide bonds. The molecule has 0 aliphatic heterocycles. The van der Waals surface area contributed by atoms with Crippen LogP contribution in [0.2, 0.25) is 26.2 Å². The van der Waals surface area contributed by atoms with Crippen LogP contribution < -0.4 is 0 Å². The Morgan fingerprint density at radius 2 is 0.778 bits per heavy atom. The number of fused-ring (bicyclic) bond motifs is 4. The minimum Gasteiger partial charge on any atom is -0.409 e. The second kappa shape index (κ2) is 9.24. The van der Waals surface area contributed by atoms with Crippen LogP contribution >= 0.6 is 0 Å². The Hall–Kier alpha value is -3.39. The first-order valence-corrected chi connectivity index (χ1v) is 18.0. The van der Waals surface area contributed by atoms with E-state index in [0.29, 0.717) is 0 Å². The predicted molar refractivity (Wildman–Crippen MR) is 159 cm³/mol. The Bertz CT molecular complexity index is 1550. The van der Waals surface area contributed by atoms with E-state index in [1.165, 1.54) is 21.5 Å². The van der Waals surface area contributed by atoms with Crippen LogP contribution in [0, 0.1) is 22.9 Å². The number of hydrogen-bond acceptors (Lipinski definition) is 2. The van der Waals surface area contributed by atoms with Gasteiger partial charge in [0, 0.05) is 25.3 Å². The zero-order valence-corrected chi connectivity index (χ0v) is 23.7. The third kappa shape index (κ3) is 4.57. The molecule has 0 saturated heterocycles. The zero-order chi connectivity index (χ0) is 25.5. The van der Waals surface area contributed by atoms with Gasteiger partial charge in [-0.2, -0.15) is 0 Å². The molecule has 0 heterocycles. The molecule has 0 aromatic heterocycles. The number of benzene rings is 5. The summed E-state index contributed by atoms with van der Waals surface area (Å²) in [7, 11) is -0.677. The largest absolute Gasteiger partial charge is 0.409 e. The van der Waals surface area contributed by atoms with Crippen LogP contribution in [-0.4, -0.2) is 30.9 Å². The van der Waals surface area contributed by atoms with E-state index >= 15 is 0 Å². The normalized spacial score (nSPS) is 11.9. The minimum absolute atomic E-state index is 1.04. The van der Waals surface area contributed by atoms with Crippen LogP contribution in [0.1, 0.15) is 11.1 Å². The third-order valence-corrected chi connectivity index (χ3v) is 10.3. The molecule has 4 heteroatoms. The highest BCUT2D eigenvalue weighted by Gasteiger charge is 2.20. The van der Waals surface area contributed by atoms with Crippen molar-refractivity contribution in [3.63, 3.8) is 0 Å². The van der Waals surface area contributed by atoms with Crippen LogP contribution in [0.5, 0.6) is 0 Å². The van der Waals surface area contributed by atoms with Gasteiger partial charge in [0.25, 0.3) is 16.6 Å². The average molecular weight is 503 g/mol. The van der Waals surface area contributed by atoms with Gasteiger partial charge in [0.2, 0.25) is 0 Å². The van der Waals surface area contributed by atoms with Crippen LogP contribution in [0.15, 0.2) is 72.8 Å². The van der Waals surface area contributed by atoms with Crippen molar-refractivity contribution in [1.29, 1.82) is 0 Å². The van der Waals surface area contributed by atoms with Crippen molar-refractivity contribution in [2.75, 3.05) is 14.2 Å². The first-order valence-electron chi connectivity index (χ1n) is 12.2. The molecule has 5 aromatic rings. The van der Waals surface area contributed by atoms with Gasteiger partial charge < -0.3 is 8.85 Å². The van der Waals surface area contributed by atoms with Crippen molar-refractivity contribution in [3.05, 3.63) is 83.9 Å². The standard InChI is InChI=1S/C32H30O2Si2/c1-33-35(3,4)17-15-27-29-19-23-11-7-9-13-25(23)21-31(29)28(16-18-36(5,6)34-2)32-22-26-14-10-8-12-24(26)20-30(27)32/h7-14,19-22H,1-6H3. The molecule has 0 atom stereocenters. The molecule has 0 N–H and O–H groups in total. The Morgan fingerprint density at radius 3 is 1.03 bits per heavy atom. The van der Waals surface area contributed by atoms with Gasteiger partial charge in [-0.25, -0.2) is 0 Å². The highest BCUT2D eigenvalue weighted by molar-refractivity contribution is 6.79. The average Bonchev–Trinajstić information content (AvgIpc) is 2.88. The van der Waals surface area contributed by atoms with Gasteiger partial charge in [0.15, 0.2) is 0 Å². The fourth-order valence-electron chi connectivity index (χ4n) is 4.40. The van der Waals surface area contributed by atoms with E-state index in [9.17, 15) is 0 Å². The lowest BCUT2D eigenvalue weighted by Gasteiger charge is -2.16. The molecule has 0 spiro atoms. The van der Waals surface area contributed by atoms with Crippen molar-refractivity contribution in [1.82, 2.24) is 0 Å². The molecule has 0 saturated carbocycles. The molecule has 2 nitrogen and oxygen atoms in total. The number of rotatable bonds is 2. The van der Waals surface area contributed by atoms with Crippen molar-refractivity contribution in [3.8, 4) is 22.9 Å². The summed E-state index contributed by atoms with van der Waals surface area (Å²) < 4.78 is 11.5. The maximum Gasteiger partial charge on any atom is 0.265 e. The fraction of sp³-hybridized carbons (Fsp3) is 0.188. The first kappa shape index (κ1) is 24.3. The van der Waals surface area contributed by atoms with E-state index in [1.807, 2.05) is 0 Å². The fourth-order valence-corrected chi connectivity index (χ4v) is 5.45. The summed E-state index contributed by atoms with van der Waals surface area (Å²) in [6, 6.07) is 26.1. The maximum absolute atomic E-state index is 5.77. The van der Waals surface area contributed by atoms with Crippen LogP contribution in [0.4, 0.5) is 0 Å². The van der Waals surface area contributed by atoms with Gasteiger partial charge in [0.1, 0.15) is 0 Å². The van der Waals surface area contributed by atoms with Gasteiger partial charge in [0.05, 0.1) is 0 Å². The SMILES string of the molecule is CO[Si](C)(C)C#Cc1c2cc3ccccc3cc2c(C#C[Si](C)(C)OC)c2cc3ccccc3cc12. The lowest BCUT2D eigenvalue weighted by atomic mass is 9.89. The summed E-state index contributed by atoms with van der Waals surface area (Å²) in [5, 5.41) is 9.31. The van der Waals surface area contributed by atoms with E-state index in [1.54, 1.807) is 14.2 Å². The van der Waals surface area contributed by atoms with Gasteiger partial charge in [-0.05, 0) is 93.5 Å². The molecule has 0 fully saturated rings. The molecule has 0 bridgehead atoms. The zero-order valence-electron chi connectivity index (χ0n) is 21.7. The molecule has 0 unspecified atom stereocenters. The Morgan fingerprint density at radius 1 is 0.500 bits per heavy atom. The maximum atomic E-state index is 5.77. The lowest BCUT2D eigenvalue weighted by molar-refractivity contribution is 0.417. The Balaban J connectivity index is 2.02. The highest BCUT2D eigenvalue weighted by atomic mass is 28.4. The van der Waals surface area contributed by atoms with E-state index in [4.69, 9.17) is 8.85 Å². The second-order valence-electron chi connectivity index (χ2n) is 10.2. The van der Waals surface area contributed by atoms with E-state index in [0.717, 1.165) is 32.7 Å². The molecular formula is C32H30O2Si2. The Labute approximate surface area is 215 Å². The first-order chi connectivity index (χ1) is 17.2. The summed E-state index contributed by atoms with van der Waals surface area (Å²) in [6.07, 6.45) is 0. The molecule has 0 aliphatic rings. The summed E-state index contributed by atoms with van der Waals surface area (Å²) in [5.74, 6) is 7.17. The molecule has 36 heavy (non-hydrogen) atoms. The minimum atomic E-state index is -2.10. The molecular weight excluding hydrogens is 473 g/mol. The van der Waals surface area contributed by atoms with E-state index in [2.05, 4.69) is 122 Å². The van der Waals surface area contributed by atoms with E-state index in [-0.39, 0.29) is 0 Å². The van der Waals surface area contributed by atoms with Crippen LogP contribution in [0.3, 0.4) is 0 Å². The molecule has 0 aliphatic carbocycles. The van der Waals surface area contributed by atoms with Crippen LogP contribution in [-0.2, 0) is 8.85 Å². The van der Waals surface area contributed by atoms with Gasteiger partial charge in [-0.1, -0.05) is 71.5 Å². The van der Waals surface area contributed by atoms with E-state index < -0.39 is 16.6 Å². The predicted octanol–water partition coefficient (Wildman–Crippen LogP) is 7.78. The summed E-state index contributed by atoms with van der Waals surface area (Å²) in [4.78, 5) is 0. The van der Waals surface area contributed by atoms with Crippen molar-refractivity contribution in [2.24, 2.45) is 0 Å². The molecule has 5 aromatic carbocycles. The lowest BCUT2D eigenvalue weighted by Crippen LogP contribution is -2.26. The smallest absolute Gasteiger partial charge is 0.265 e. The topological polar surface area (TPSA) is 18.5 Å². The summed E-state index contributed by atoms with van der Waals surface area (Å²) in [5.41, 5.74) is 9.10. The molecule has 178 valence electrons. The monoisotopic (exact) mass is 502 g/mol. The Kier molecular flexibility index (Phi) is 6.24. The third-order valence-electron chi connectivity index (χ3n) is 6.85. The summed E-state index contributed by atoms with van der Waals surface area (Å²) in [6.45, 7) is 8.53.